The molecule has 4 rings (SSSR count). The van der Waals surface area contributed by atoms with Crippen molar-refractivity contribution in [2.24, 2.45) is 0 Å². The van der Waals surface area contributed by atoms with Gasteiger partial charge in [0.25, 0.3) is 11.6 Å². The normalized spacial score (nSPS) is 14.3. The van der Waals surface area contributed by atoms with Gasteiger partial charge in [0.05, 0.1) is 16.7 Å². The van der Waals surface area contributed by atoms with Crippen LogP contribution >= 0.6 is 11.3 Å². The second-order valence-corrected chi connectivity index (χ2v) is 7.80. The predicted octanol–water partition coefficient (Wildman–Crippen LogP) is 3.48. The van der Waals surface area contributed by atoms with Crippen molar-refractivity contribution in [2.75, 3.05) is 38.2 Å². The van der Waals surface area contributed by atoms with E-state index in [1.54, 1.807) is 42.4 Å². The molecule has 1 fully saturated rings. The lowest BCUT2D eigenvalue weighted by Gasteiger charge is -2.34. The quantitative estimate of drug-likeness (QED) is 0.481. The second kappa shape index (κ2) is 7.67. The van der Waals surface area contributed by atoms with Crippen LogP contribution in [0.4, 0.5) is 10.8 Å². The van der Waals surface area contributed by atoms with E-state index in [0.717, 1.165) is 21.1 Å². The first-order valence-electron chi connectivity index (χ1n) is 9.21. The molecule has 0 unspecified atom stereocenters. The van der Waals surface area contributed by atoms with Crippen LogP contribution < -0.4 is 9.64 Å². The fraction of sp³-hybridized carbons (Fsp3) is 0.300. The Balaban J connectivity index is 1.49. The smallest absolute Gasteiger partial charge is 0.273 e. The molecule has 8 nitrogen and oxygen atoms in total. The first kappa shape index (κ1) is 19.1. The van der Waals surface area contributed by atoms with Crippen LogP contribution in [0.5, 0.6) is 5.75 Å². The molecule has 0 saturated carbocycles. The number of nitrogens with zero attached hydrogens (tertiary/aromatic N) is 4. The standard InChI is InChI=1S/C20H20N4O4S/c1-13-14(5-3-6-15(13)24(26)27)19(25)22-9-11-23(12-10-22)20-21-18-16(28-2)7-4-8-17(18)29-20/h3-8H,9-12H2,1-2H3. The fourth-order valence-electron chi connectivity index (χ4n) is 3.54. The topological polar surface area (TPSA) is 88.8 Å². The molecule has 0 aliphatic carbocycles. The zero-order valence-electron chi connectivity index (χ0n) is 16.1. The van der Waals surface area contributed by atoms with Gasteiger partial charge in [0.15, 0.2) is 5.13 Å². The highest BCUT2D eigenvalue weighted by Crippen LogP contribution is 2.34. The lowest BCUT2D eigenvalue weighted by Crippen LogP contribution is -2.48. The average molecular weight is 412 g/mol. The highest BCUT2D eigenvalue weighted by atomic mass is 32.1. The van der Waals surface area contributed by atoms with Crippen LogP contribution in [0.25, 0.3) is 10.2 Å². The van der Waals surface area contributed by atoms with Crippen LogP contribution in [-0.2, 0) is 0 Å². The molecule has 9 heteroatoms. The minimum absolute atomic E-state index is 0.0297. The molecule has 3 aromatic rings. The van der Waals surface area contributed by atoms with E-state index in [2.05, 4.69) is 4.90 Å². The number of carbonyl (C=O) groups excluding carboxylic acids is 1. The van der Waals surface area contributed by atoms with Gasteiger partial charge in [-0.1, -0.05) is 23.5 Å². The SMILES string of the molecule is COc1cccc2sc(N3CCN(C(=O)c4cccc([N+](=O)[O-])c4C)CC3)nc12. The number of para-hydroxylation sites is 1. The van der Waals surface area contributed by atoms with Gasteiger partial charge < -0.3 is 14.5 Å². The molecule has 0 N–H and O–H groups in total. The van der Waals surface area contributed by atoms with Gasteiger partial charge in [-0.2, -0.15) is 0 Å². The molecule has 1 saturated heterocycles. The number of benzene rings is 2. The number of aromatic nitrogens is 1. The number of nitro benzene ring substituents is 1. The Hall–Kier alpha value is -3.20. The summed E-state index contributed by atoms with van der Waals surface area (Å²) in [5.74, 6) is 0.580. The Morgan fingerprint density at radius 2 is 1.90 bits per heavy atom. The summed E-state index contributed by atoms with van der Waals surface area (Å²) in [6.45, 7) is 4.00. The summed E-state index contributed by atoms with van der Waals surface area (Å²) in [6, 6.07) is 10.5. The number of hydrogen-bond acceptors (Lipinski definition) is 7. The van der Waals surface area contributed by atoms with Crippen LogP contribution in [-0.4, -0.2) is 54.0 Å². The van der Waals surface area contributed by atoms with Crippen molar-refractivity contribution in [3.05, 3.63) is 57.6 Å². The lowest BCUT2D eigenvalue weighted by atomic mass is 10.1. The van der Waals surface area contributed by atoms with Crippen molar-refractivity contribution in [1.82, 2.24) is 9.88 Å². The first-order valence-corrected chi connectivity index (χ1v) is 10.0. The third-order valence-corrected chi connectivity index (χ3v) is 6.24. The van der Waals surface area contributed by atoms with Gasteiger partial charge in [-0.05, 0) is 25.1 Å². The summed E-state index contributed by atoms with van der Waals surface area (Å²) in [5.41, 5.74) is 1.61. The van der Waals surface area contributed by atoms with Gasteiger partial charge in [0, 0.05) is 43.4 Å². The molecule has 1 aliphatic heterocycles. The van der Waals surface area contributed by atoms with Crippen LogP contribution in [0.15, 0.2) is 36.4 Å². The van der Waals surface area contributed by atoms with E-state index in [4.69, 9.17) is 9.72 Å². The number of hydrogen-bond donors (Lipinski definition) is 0. The summed E-state index contributed by atoms with van der Waals surface area (Å²) in [4.78, 5) is 32.2. The van der Waals surface area contributed by atoms with Gasteiger partial charge in [-0.3, -0.25) is 14.9 Å². The summed E-state index contributed by atoms with van der Waals surface area (Å²) >= 11 is 1.60. The molecule has 2 aromatic carbocycles. The van der Waals surface area contributed by atoms with Crippen molar-refractivity contribution in [3.8, 4) is 5.75 Å². The van der Waals surface area contributed by atoms with E-state index in [1.165, 1.54) is 6.07 Å². The van der Waals surface area contributed by atoms with E-state index in [0.29, 0.717) is 37.3 Å². The molecule has 1 aromatic heterocycles. The van der Waals surface area contributed by atoms with Crippen LogP contribution in [0.1, 0.15) is 15.9 Å². The molecule has 150 valence electrons. The number of fused-ring (bicyclic) bond motifs is 1. The monoisotopic (exact) mass is 412 g/mol. The maximum Gasteiger partial charge on any atom is 0.273 e. The predicted molar refractivity (Wildman–Crippen MR) is 112 cm³/mol. The molecule has 0 spiro atoms. The molecule has 0 radical (unpaired) electrons. The molecule has 0 bridgehead atoms. The van der Waals surface area contributed by atoms with Crippen molar-refractivity contribution in [3.63, 3.8) is 0 Å². The molecule has 1 amide bonds. The third-order valence-electron chi connectivity index (χ3n) is 5.16. The van der Waals surface area contributed by atoms with Crippen LogP contribution in [0.2, 0.25) is 0 Å². The van der Waals surface area contributed by atoms with Crippen molar-refractivity contribution >= 4 is 38.3 Å². The van der Waals surface area contributed by atoms with E-state index in [1.807, 2.05) is 18.2 Å². The number of rotatable bonds is 4. The van der Waals surface area contributed by atoms with Crippen LogP contribution in [0.3, 0.4) is 0 Å². The molecule has 29 heavy (non-hydrogen) atoms. The molecular formula is C20H20N4O4S. The number of methoxy groups -OCH3 is 1. The van der Waals surface area contributed by atoms with Gasteiger partial charge in [0.2, 0.25) is 0 Å². The molecule has 0 atom stereocenters. The summed E-state index contributed by atoms with van der Waals surface area (Å²) < 4.78 is 6.45. The zero-order chi connectivity index (χ0) is 20.5. The number of thiazole rings is 1. The van der Waals surface area contributed by atoms with Crippen molar-refractivity contribution in [2.45, 2.75) is 6.92 Å². The Bertz CT molecular complexity index is 1090. The Kier molecular flexibility index (Phi) is 5.06. The number of piperazine rings is 1. The van der Waals surface area contributed by atoms with Crippen molar-refractivity contribution < 1.29 is 14.5 Å². The lowest BCUT2D eigenvalue weighted by molar-refractivity contribution is -0.385. The van der Waals surface area contributed by atoms with E-state index in [9.17, 15) is 14.9 Å². The highest BCUT2D eigenvalue weighted by Gasteiger charge is 2.27. The highest BCUT2D eigenvalue weighted by molar-refractivity contribution is 7.22. The minimum atomic E-state index is -0.453. The molecule has 1 aliphatic rings. The maximum absolute atomic E-state index is 12.9. The molecule has 2 heterocycles. The Morgan fingerprint density at radius 1 is 1.17 bits per heavy atom. The number of nitro groups is 1. The maximum atomic E-state index is 12.9. The van der Waals surface area contributed by atoms with E-state index >= 15 is 0 Å². The number of carbonyl (C=O) groups is 1. The van der Waals surface area contributed by atoms with E-state index in [-0.39, 0.29) is 11.6 Å². The minimum Gasteiger partial charge on any atom is -0.494 e. The van der Waals surface area contributed by atoms with Crippen LogP contribution in [0, 0.1) is 17.0 Å². The largest absolute Gasteiger partial charge is 0.494 e. The van der Waals surface area contributed by atoms with Gasteiger partial charge in [-0.25, -0.2) is 4.98 Å². The van der Waals surface area contributed by atoms with Gasteiger partial charge in [-0.15, -0.1) is 0 Å². The average Bonchev–Trinajstić information content (AvgIpc) is 3.18. The van der Waals surface area contributed by atoms with E-state index < -0.39 is 4.92 Å². The summed E-state index contributed by atoms with van der Waals surface area (Å²) in [5, 5.41) is 12.1. The number of amides is 1. The Morgan fingerprint density at radius 3 is 2.59 bits per heavy atom. The van der Waals surface area contributed by atoms with Crippen molar-refractivity contribution in [1.29, 1.82) is 0 Å². The fourth-order valence-corrected chi connectivity index (χ4v) is 4.57. The number of ether oxygens (including phenoxy) is 1. The molecular weight excluding hydrogens is 392 g/mol. The summed E-state index contributed by atoms with van der Waals surface area (Å²) in [6.07, 6.45) is 0. The Labute approximate surface area is 171 Å². The summed E-state index contributed by atoms with van der Waals surface area (Å²) in [7, 11) is 1.63. The van der Waals surface area contributed by atoms with Gasteiger partial charge >= 0.3 is 0 Å². The van der Waals surface area contributed by atoms with Gasteiger partial charge in [0.1, 0.15) is 11.3 Å². The number of anilines is 1. The second-order valence-electron chi connectivity index (χ2n) is 6.79. The third kappa shape index (κ3) is 3.49. The zero-order valence-corrected chi connectivity index (χ0v) is 16.9. The first-order chi connectivity index (χ1) is 14.0.